The molecule has 110 valence electrons. The molecule has 1 N–H and O–H groups in total. The van der Waals surface area contributed by atoms with Crippen molar-refractivity contribution in [3.05, 3.63) is 29.3 Å². The molecule has 0 unspecified atom stereocenters. The lowest BCUT2D eigenvalue weighted by Gasteiger charge is -2.40. The summed E-state index contributed by atoms with van der Waals surface area (Å²) in [6.07, 6.45) is -1.48. The van der Waals surface area contributed by atoms with Gasteiger partial charge in [0, 0.05) is 23.8 Å². The van der Waals surface area contributed by atoms with Crippen LogP contribution in [0, 0.1) is 0 Å². The van der Waals surface area contributed by atoms with Crippen LogP contribution >= 0.6 is 0 Å². The number of aliphatic hydroxyl groups is 1. The molecule has 1 aliphatic rings. The second kappa shape index (κ2) is 5.83. The minimum atomic E-state index is -4.52. The number of nitrogens with zero attached hydrogens (tertiary/aromatic N) is 1. The summed E-state index contributed by atoms with van der Waals surface area (Å²) >= 11 is 0. The van der Waals surface area contributed by atoms with Crippen molar-refractivity contribution in [1.29, 1.82) is 0 Å². The Labute approximate surface area is 115 Å². The number of aliphatic hydroxyl groups excluding tert-OH is 1. The maximum Gasteiger partial charge on any atom is 0.418 e. The van der Waals surface area contributed by atoms with Gasteiger partial charge in [-0.05, 0) is 37.5 Å². The first-order valence-corrected chi connectivity index (χ1v) is 6.51. The highest BCUT2D eigenvalue weighted by atomic mass is 19.4. The number of anilines is 1. The Balaban J connectivity index is 2.44. The van der Waals surface area contributed by atoms with Crippen molar-refractivity contribution < 1.29 is 23.1 Å². The molecule has 0 aromatic heterocycles. The van der Waals surface area contributed by atoms with Gasteiger partial charge in [0.25, 0.3) is 0 Å². The topological polar surface area (TPSA) is 40.5 Å². The Hall–Kier alpha value is -1.56. The summed E-state index contributed by atoms with van der Waals surface area (Å²) in [6.45, 7) is -0.0442. The molecule has 0 amide bonds. The van der Waals surface area contributed by atoms with E-state index in [2.05, 4.69) is 0 Å². The minimum absolute atomic E-state index is 0.00127. The Kier molecular flexibility index (Phi) is 4.32. The molecule has 2 rings (SSSR count). The molecule has 1 aromatic rings. The van der Waals surface area contributed by atoms with E-state index < -0.39 is 11.7 Å². The van der Waals surface area contributed by atoms with Gasteiger partial charge < -0.3 is 10.0 Å². The normalized spacial score (nSPS) is 15.8. The van der Waals surface area contributed by atoms with E-state index in [0.717, 1.165) is 25.3 Å². The van der Waals surface area contributed by atoms with Crippen LogP contribution in [0.15, 0.2) is 18.2 Å². The lowest BCUT2D eigenvalue weighted by molar-refractivity contribution is -0.137. The summed E-state index contributed by atoms with van der Waals surface area (Å²) in [6, 6.07) is 3.59. The van der Waals surface area contributed by atoms with Crippen LogP contribution in [-0.2, 0) is 6.18 Å². The van der Waals surface area contributed by atoms with Gasteiger partial charge in [-0.25, -0.2) is 0 Å². The van der Waals surface area contributed by atoms with Gasteiger partial charge >= 0.3 is 6.18 Å². The molecule has 0 spiro atoms. The molecule has 1 aliphatic carbocycles. The predicted octanol–water partition coefficient (Wildman–Crippen LogP) is 2.87. The fraction of sp³-hybridized carbons (Fsp3) is 0.500. The van der Waals surface area contributed by atoms with Crippen LogP contribution in [0.2, 0.25) is 0 Å². The lowest BCUT2D eigenvalue weighted by atomic mass is 9.90. The van der Waals surface area contributed by atoms with E-state index in [0.29, 0.717) is 6.29 Å². The van der Waals surface area contributed by atoms with Crippen molar-refractivity contribution in [3.8, 4) is 0 Å². The molecule has 0 saturated heterocycles. The van der Waals surface area contributed by atoms with Crippen LogP contribution in [0.3, 0.4) is 0 Å². The van der Waals surface area contributed by atoms with E-state index in [-0.39, 0.29) is 30.4 Å². The standard InChI is InChI=1S/C14H16F3NO2/c15-14(16,17)12-8-10(9-20)4-5-13(12)18(6-7-19)11-2-1-3-11/h4-5,8-9,11,19H,1-3,6-7H2. The van der Waals surface area contributed by atoms with Gasteiger partial charge in [-0.2, -0.15) is 13.2 Å². The zero-order chi connectivity index (χ0) is 14.8. The van der Waals surface area contributed by atoms with E-state index in [9.17, 15) is 18.0 Å². The minimum Gasteiger partial charge on any atom is -0.395 e. The molecule has 0 heterocycles. The molecule has 6 heteroatoms. The number of hydrogen-bond donors (Lipinski definition) is 1. The summed E-state index contributed by atoms with van der Waals surface area (Å²) in [5, 5.41) is 9.08. The zero-order valence-electron chi connectivity index (χ0n) is 10.9. The Morgan fingerprint density at radius 1 is 1.35 bits per heavy atom. The highest BCUT2D eigenvalue weighted by Crippen LogP contribution is 2.40. The first-order chi connectivity index (χ1) is 9.47. The van der Waals surface area contributed by atoms with Gasteiger partial charge in [0.2, 0.25) is 0 Å². The van der Waals surface area contributed by atoms with Gasteiger partial charge in [0.05, 0.1) is 12.2 Å². The molecule has 20 heavy (non-hydrogen) atoms. The van der Waals surface area contributed by atoms with Crippen LogP contribution in [0.5, 0.6) is 0 Å². The van der Waals surface area contributed by atoms with Crippen molar-refractivity contribution in [2.24, 2.45) is 0 Å². The third kappa shape index (κ3) is 2.95. The molecule has 0 atom stereocenters. The first kappa shape index (κ1) is 14.8. The van der Waals surface area contributed by atoms with Crippen molar-refractivity contribution in [1.82, 2.24) is 0 Å². The summed E-state index contributed by atoms with van der Waals surface area (Å²) in [5.41, 5.74) is -0.775. The number of aldehydes is 1. The van der Waals surface area contributed by atoms with Crippen LogP contribution in [0.4, 0.5) is 18.9 Å². The van der Waals surface area contributed by atoms with Gasteiger partial charge in [0.15, 0.2) is 0 Å². The van der Waals surface area contributed by atoms with Gasteiger partial charge in [-0.3, -0.25) is 4.79 Å². The quantitative estimate of drug-likeness (QED) is 0.847. The van der Waals surface area contributed by atoms with Crippen molar-refractivity contribution in [3.63, 3.8) is 0 Å². The molecule has 3 nitrogen and oxygen atoms in total. The Morgan fingerprint density at radius 3 is 2.50 bits per heavy atom. The second-order valence-corrected chi connectivity index (χ2v) is 4.89. The number of rotatable bonds is 5. The molecule has 0 bridgehead atoms. The molecule has 1 saturated carbocycles. The number of alkyl halides is 3. The van der Waals surface area contributed by atoms with E-state index >= 15 is 0 Å². The number of halogens is 3. The van der Waals surface area contributed by atoms with Gasteiger partial charge in [-0.15, -0.1) is 0 Å². The second-order valence-electron chi connectivity index (χ2n) is 4.89. The monoisotopic (exact) mass is 287 g/mol. The average Bonchev–Trinajstić information content (AvgIpc) is 2.34. The maximum atomic E-state index is 13.1. The van der Waals surface area contributed by atoms with E-state index in [1.807, 2.05) is 0 Å². The third-order valence-electron chi connectivity index (χ3n) is 3.63. The maximum absolute atomic E-state index is 13.1. The molecule has 1 fully saturated rings. The lowest BCUT2D eigenvalue weighted by Crippen LogP contribution is -2.42. The third-order valence-corrected chi connectivity index (χ3v) is 3.63. The van der Waals surface area contributed by atoms with Gasteiger partial charge in [-0.1, -0.05) is 0 Å². The summed E-state index contributed by atoms with van der Waals surface area (Å²) in [4.78, 5) is 12.3. The van der Waals surface area contributed by atoms with E-state index in [4.69, 9.17) is 5.11 Å². The van der Waals surface area contributed by atoms with Crippen LogP contribution in [0.1, 0.15) is 35.2 Å². The fourth-order valence-electron chi connectivity index (χ4n) is 2.41. The number of carbonyl (C=O) groups is 1. The fourth-order valence-corrected chi connectivity index (χ4v) is 2.41. The first-order valence-electron chi connectivity index (χ1n) is 6.51. The van der Waals surface area contributed by atoms with Crippen LogP contribution in [0.25, 0.3) is 0 Å². The SMILES string of the molecule is O=Cc1ccc(N(CCO)C2CCC2)c(C(F)(F)F)c1. The Morgan fingerprint density at radius 2 is 2.05 bits per heavy atom. The molecular formula is C14H16F3NO2. The average molecular weight is 287 g/mol. The van der Waals surface area contributed by atoms with E-state index in [1.165, 1.54) is 12.1 Å². The molecule has 0 aliphatic heterocycles. The van der Waals surface area contributed by atoms with Crippen molar-refractivity contribution in [2.45, 2.75) is 31.5 Å². The van der Waals surface area contributed by atoms with Crippen LogP contribution < -0.4 is 4.90 Å². The summed E-state index contributed by atoms with van der Waals surface area (Å²) < 4.78 is 39.4. The number of carbonyl (C=O) groups excluding carboxylic acids is 1. The van der Waals surface area contributed by atoms with E-state index in [1.54, 1.807) is 4.90 Å². The van der Waals surface area contributed by atoms with Crippen LogP contribution in [-0.4, -0.2) is 30.6 Å². The number of hydrogen-bond acceptors (Lipinski definition) is 3. The highest BCUT2D eigenvalue weighted by Gasteiger charge is 2.37. The summed E-state index contributed by atoms with van der Waals surface area (Å²) in [7, 11) is 0. The van der Waals surface area contributed by atoms with Crippen molar-refractivity contribution in [2.75, 3.05) is 18.1 Å². The molecule has 0 radical (unpaired) electrons. The van der Waals surface area contributed by atoms with Gasteiger partial charge in [0.1, 0.15) is 6.29 Å². The zero-order valence-corrected chi connectivity index (χ0v) is 10.9. The largest absolute Gasteiger partial charge is 0.418 e. The smallest absolute Gasteiger partial charge is 0.395 e. The molecule has 1 aromatic carbocycles. The number of benzene rings is 1. The predicted molar refractivity (Wildman–Crippen MR) is 68.9 cm³/mol. The van der Waals surface area contributed by atoms with Crippen molar-refractivity contribution >= 4 is 12.0 Å². The Bertz CT molecular complexity index is 484. The molecular weight excluding hydrogens is 271 g/mol. The summed E-state index contributed by atoms with van der Waals surface area (Å²) in [5.74, 6) is 0. The highest BCUT2D eigenvalue weighted by molar-refractivity contribution is 5.77.